The van der Waals surface area contributed by atoms with Crippen LogP contribution < -0.4 is 20.3 Å². The minimum absolute atomic E-state index is 0.0200. The lowest BCUT2D eigenvalue weighted by atomic mass is 9.87. The first kappa shape index (κ1) is 19.1. The molecule has 28 heavy (non-hydrogen) atoms. The maximum Gasteiger partial charge on any atom is 0.237 e. The topological polar surface area (TPSA) is 73.9 Å². The molecule has 1 aromatic rings. The molecule has 3 fully saturated rings. The van der Waals surface area contributed by atoms with Crippen molar-refractivity contribution in [2.45, 2.75) is 50.2 Å². The molecule has 3 aliphatic rings. The van der Waals surface area contributed by atoms with Crippen LogP contribution in [0.15, 0.2) is 24.3 Å². The van der Waals surface area contributed by atoms with Crippen LogP contribution in [0.25, 0.3) is 0 Å². The summed E-state index contributed by atoms with van der Waals surface area (Å²) in [5.41, 5.74) is 1.14. The smallest absolute Gasteiger partial charge is 0.237 e. The summed E-state index contributed by atoms with van der Waals surface area (Å²) in [4.78, 5) is 29.3. The van der Waals surface area contributed by atoms with Gasteiger partial charge in [0.05, 0.1) is 19.6 Å². The highest BCUT2D eigenvalue weighted by Gasteiger charge is 2.37. The number of carbonyl (C=O) groups excluding carboxylic acids is 2. The predicted octanol–water partition coefficient (Wildman–Crippen LogP) is 1.13. The van der Waals surface area contributed by atoms with Crippen LogP contribution in [-0.4, -0.2) is 68.1 Å². The van der Waals surface area contributed by atoms with Crippen LogP contribution in [0.5, 0.6) is 5.75 Å². The number of rotatable bonds is 4. The third-order valence-corrected chi connectivity index (χ3v) is 6.27. The van der Waals surface area contributed by atoms with Crippen LogP contribution in [0.3, 0.4) is 0 Å². The zero-order valence-electron chi connectivity index (χ0n) is 16.5. The van der Waals surface area contributed by atoms with Gasteiger partial charge in [0.15, 0.2) is 0 Å². The van der Waals surface area contributed by atoms with E-state index >= 15 is 0 Å². The molecular weight excluding hydrogens is 356 g/mol. The third-order valence-electron chi connectivity index (χ3n) is 6.27. The number of nitrogens with zero attached hydrogens (tertiary/aromatic N) is 2. The number of anilines is 1. The maximum atomic E-state index is 12.8. The Morgan fingerprint density at radius 1 is 1.07 bits per heavy atom. The van der Waals surface area contributed by atoms with Crippen molar-refractivity contribution in [1.82, 2.24) is 15.5 Å². The number of benzene rings is 1. The maximum absolute atomic E-state index is 12.8. The minimum atomic E-state index is -0.397. The van der Waals surface area contributed by atoms with Gasteiger partial charge in [-0.15, -0.1) is 0 Å². The lowest BCUT2D eigenvalue weighted by Gasteiger charge is -2.41. The molecule has 2 saturated heterocycles. The fourth-order valence-corrected chi connectivity index (χ4v) is 4.58. The predicted molar refractivity (Wildman–Crippen MR) is 108 cm³/mol. The Labute approximate surface area is 166 Å². The van der Waals surface area contributed by atoms with Gasteiger partial charge in [-0.2, -0.15) is 0 Å². The van der Waals surface area contributed by atoms with Gasteiger partial charge in [0.25, 0.3) is 0 Å². The average molecular weight is 386 g/mol. The fourth-order valence-electron chi connectivity index (χ4n) is 4.58. The highest BCUT2D eigenvalue weighted by molar-refractivity contribution is 5.89. The van der Waals surface area contributed by atoms with Crippen molar-refractivity contribution in [3.8, 4) is 5.75 Å². The minimum Gasteiger partial charge on any atom is -0.497 e. The highest BCUT2D eigenvalue weighted by Crippen LogP contribution is 2.23. The van der Waals surface area contributed by atoms with Gasteiger partial charge in [-0.25, -0.2) is 0 Å². The summed E-state index contributed by atoms with van der Waals surface area (Å²) in [5, 5.41) is 6.56. The number of hydrogen-bond donors (Lipinski definition) is 2. The highest BCUT2D eigenvalue weighted by atomic mass is 16.5. The standard InChI is InChI=1S/C21H30N4O3/c1-28-16-8-6-15(7-9-16)24-10-12-25(13-11-24)20(26)14-19-21(27)23-18-5-3-2-4-17(18)22-19/h6-9,17-19,22H,2-5,10-14H2,1H3,(H,23,27)/t17-,18-,19-/m0/s1. The molecule has 1 aromatic carbocycles. The summed E-state index contributed by atoms with van der Waals surface area (Å²) >= 11 is 0. The molecule has 2 aliphatic heterocycles. The molecule has 0 unspecified atom stereocenters. The lowest BCUT2D eigenvalue weighted by Crippen LogP contribution is -2.65. The largest absolute Gasteiger partial charge is 0.497 e. The molecular formula is C21H30N4O3. The van der Waals surface area contributed by atoms with Crippen LogP contribution in [0.4, 0.5) is 5.69 Å². The number of amides is 2. The molecule has 7 nitrogen and oxygen atoms in total. The van der Waals surface area contributed by atoms with E-state index in [0.29, 0.717) is 19.1 Å². The summed E-state index contributed by atoms with van der Waals surface area (Å²) in [6.07, 6.45) is 4.73. The van der Waals surface area contributed by atoms with E-state index in [0.717, 1.165) is 37.4 Å². The molecule has 152 valence electrons. The van der Waals surface area contributed by atoms with Gasteiger partial charge < -0.3 is 25.2 Å². The summed E-state index contributed by atoms with van der Waals surface area (Å²) in [7, 11) is 1.66. The second kappa shape index (κ2) is 8.39. The summed E-state index contributed by atoms with van der Waals surface area (Å²) < 4.78 is 5.21. The Morgan fingerprint density at radius 3 is 2.43 bits per heavy atom. The van der Waals surface area contributed by atoms with Crippen LogP contribution in [0.1, 0.15) is 32.1 Å². The number of fused-ring (bicyclic) bond motifs is 1. The van der Waals surface area contributed by atoms with Crippen molar-refractivity contribution in [3.63, 3.8) is 0 Å². The Hall–Kier alpha value is -2.28. The van der Waals surface area contributed by atoms with Crippen molar-refractivity contribution < 1.29 is 14.3 Å². The van der Waals surface area contributed by atoms with E-state index in [1.54, 1.807) is 7.11 Å². The normalized spacial score (nSPS) is 27.8. The van der Waals surface area contributed by atoms with Gasteiger partial charge >= 0.3 is 0 Å². The first-order valence-electron chi connectivity index (χ1n) is 10.4. The summed E-state index contributed by atoms with van der Waals surface area (Å²) in [6.45, 7) is 2.97. The van der Waals surface area contributed by atoms with Gasteiger partial charge in [-0.05, 0) is 37.1 Å². The number of piperazine rings is 2. The number of methoxy groups -OCH3 is 1. The van der Waals surface area contributed by atoms with Gasteiger partial charge in [0, 0.05) is 44.0 Å². The zero-order chi connectivity index (χ0) is 19.5. The van der Waals surface area contributed by atoms with E-state index in [4.69, 9.17) is 4.74 Å². The van der Waals surface area contributed by atoms with E-state index in [1.165, 1.54) is 12.8 Å². The van der Waals surface area contributed by atoms with Crippen molar-refractivity contribution in [1.29, 1.82) is 0 Å². The molecule has 1 aliphatic carbocycles. The summed E-state index contributed by atoms with van der Waals surface area (Å²) in [5.74, 6) is 0.890. The quantitative estimate of drug-likeness (QED) is 0.812. The molecule has 2 heterocycles. The Morgan fingerprint density at radius 2 is 1.75 bits per heavy atom. The Bertz CT molecular complexity index is 700. The number of carbonyl (C=O) groups is 2. The van der Waals surface area contributed by atoms with Gasteiger partial charge in [-0.1, -0.05) is 12.8 Å². The summed E-state index contributed by atoms with van der Waals surface area (Å²) in [6, 6.07) is 8.17. The SMILES string of the molecule is COc1ccc(N2CCN(C(=O)C[C@@H]3N[C@H]4CCCC[C@@H]4NC3=O)CC2)cc1. The second-order valence-electron chi connectivity index (χ2n) is 8.00. The van der Waals surface area contributed by atoms with Gasteiger partial charge in [0.2, 0.25) is 11.8 Å². The third kappa shape index (κ3) is 4.09. The van der Waals surface area contributed by atoms with Crippen LogP contribution in [-0.2, 0) is 9.59 Å². The van der Waals surface area contributed by atoms with Gasteiger partial charge in [0.1, 0.15) is 5.75 Å². The van der Waals surface area contributed by atoms with E-state index in [-0.39, 0.29) is 24.3 Å². The van der Waals surface area contributed by atoms with E-state index in [2.05, 4.69) is 15.5 Å². The average Bonchev–Trinajstić information content (AvgIpc) is 2.74. The van der Waals surface area contributed by atoms with Crippen molar-refractivity contribution in [3.05, 3.63) is 24.3 Å². The monoisotopic (exact) mass is 386 g/mol. The zero-order valence-corrected chi connectivity index (χ0v) is 16.5. The molecule has 0 radical (unpaired) electrons. The van der Waals surface area contributed by atoms with Crippen LogP contribution in [0, 0.1) is 0 Å². The Kier molecular flexibility index (Phi) is 5.71. The number of nitrogens with one attached hydrogen (secondary N) is 2. The molecule has 0 aromatic heterocycles. The molecule has 2 N–H and O–H groups in total. The van der Waals surface area contributed by atoms with E-state index in [9.17, 15) is 9.59 Å². The first-order chi connectivity index (χ1) is 13.6. The van der Waals surface area contributed by atoms with Crippen molar-refractivity contribution >= 4 is 17.5 Å². The Balaban J connectivity index is 1.28. The van der Waals surface area contributed by atoms with Crippen molar-refractivity contribution in [2.75, 3.05) is 38.2 Å². The molecule has 7 heteroatoms. The lowest BCUT2D eigenvalue weighted by molar-refractivity contribution is -0.136. The molecule has 2 amide bonds. The molecule has 0 spiro atoms. The van der Waals surface area contributed by atoms with Crippen LogP contribution >= 0.6 is 0 Å². The number of ether oxygens (including phenoxy) is 1. The fraction of sp³-hybridized carbons (Fsp3) is 0.619. The van der Waals surface area contributed by atoms with Crippen molar-refractivity contribution in [2.24, 2.45) is 0 Å². The molecule has 3 atom stereocenters. The van der Waals surface area contributed by atoms with E-state index < -0.39 is 6.04 Å². The molecule has 0 bridgehead atoms. The van der Waals surface area contributed by atoms with Crippen LogP contribution in [0.2, 0.25) is 0 Å². The van der Waals surface area contributed by atoms with E-state index in [1.807, 2.05) is 29.2 Å². The number of hydrogen-bond acceptors (Lipinski definition) is 5. The first-order valence-corrected chi connectivity index (χ1v) is 10.4. The molecule has 1 saturated carbocycles. The molecule has 4 rings (SSSR count). The second-order valence-corrected chi connectivity index (χ2v) is 8.00. The van der Waals surface area contributed by atoms with Gasteiger partial charge in [-0.3, -0.25) is 9.59 Å².